The topological polar surface area (TPSA) is 66.2 Å². The van der Waals surface area contributed by atoms with E-state index in [9.17, 15) is 4.79 Å². The molecule has 2 heterocycles. The van der Waals surface area contributed by atoms with Gasteiger partial charge in [-0.15, -0.1) is 11.3 Å². The minimum Gasteiger partial charge on any atom is -0.491 e. The summed E-state index contributed by atoms with van der Waals surface area (Å²) in [6.07, 6.45) is 1.73. The Morgan fingerprint density at radius 2 is 2.00 bits per heavy atom. The van der Waals surface area contributed by atoms with Crippen molar-refractivity contribution in [1.29, 1.82) is 0 Å². The Bertz CT molecular complexity index is 949. The highest BCUT2D eigenvalue weighted by molar-refractivity contribution is 9.10. The number of thiazole rings is 1. The Kier molecular flexibility index (Phi) is 5.96. The van der Waals surface area contributed by atoms with Gasteiger partial charge in [0, 0.05) is 17.1 Å². The van der Waals surface area contributed by atoms with Crippen molar-refractivity contribution in [3.63, 3.8) is 0 Å². The molecule has 0 saturated heterocycles. The summed E-state index contributed by atoms with van der Waals surface area (Å²) in [7, 11) is 0. The van der Waals surface area contributed by atoms with Crippen LogP contribution in [0, 0.1) is 0 Å². The minimum absolute atomic E-state index is 0.0978. The minimum atomic E-state index is -0.433. The van der Waals surface area contributed by atoms with Gasteiger partial charge >= 0.3 is 5.97 Å². The van der Waals surface area contributed by atoms with Crippen LogP contribution in [-0.4, -0.2) is 32.9 Å². The highest BCUT2D eigenvalue weighted by atomic mass is 79.9. The van der Waals surface area contributed by atoms with Crippen molar-refractivity contribution in [1.82, 2.24) is 14.8 Å². The average molecular weight is 450 g/mol. The molecule has 6 nitrogen and oxygen atoms in total. The predicted molar refractivity (Wildman–Crippen MR) is 109 cm³/mol. The standard InChI is InChI=1S/C19H20BrN3O3S/c1-11(2)25-14-7-5-6-13(8-14)17-15(20)9-23(22-17)19-21-16(10-27-19)18(24)26-12(3)4/h5-12H,1-4H3. The molecule has 0 aliphatic heterocycles. The summed E-state index contributed by atoms with van der Waals surface area (Å²) in [4.78, 5) is 16.3. The first-order valence-corrected chi connectivity index (χ1v) is 10.2. The van der Waals surface area contributed by atoms with E-state index in [-0.39, 0.29) is 17.9 Å². The molecule has 142 valence electrons. The van der Waals surface area contributed by atoms with Crippen molar-refractivity contribution in [3.05, 3.63) is 46.0 Å². The average Bonchev–Trinajstić information content (AvgIpc) is 3.20. The summed E-state index contributed by atoms with van der Waals surface area (Å²) in [6.45, 7) is 7.59. The van der Waals surface area contributed by atoms with Gasteiger partial charge in [-0.3, -0.25) is 0 Å². The maximum absolute atomic E-state index is 12.0. The van der Waals surface area contributed by atoms with E-state index in [0.29, 0.717) is 5.13 Å². The number of carbonyl (C=O) groups is 1. The SMILES string of the molecule is CC(C)OC(=O)c1csc(-n2cc(Br)c(-c3cccc(OC(C)C)c3)n2)n1. The fourth-order valence-electron chi connectivity index (χ4n) is 2.37. The first-order chi connectivity index (χ1) is 12.8. The van der Waals surface area contributed by atoms with Crippen molar-refractivity contribution in [2.75, 3.05) is 0 Å². The van der Waals surface area contributed by atoms with Crippen LogP contribution in [0.15, 0.2) is 40.3 Å². The van der Waals surface area contributed by atoms with E-state index in [2.05, 4.69) is 26.0 Å². The second-order valence-electron chi connectivity index (χ2n) is 6.43. The van der Waals surface area contributed by atoms with E-state index in [0.717, 1.165) is 21.5 Å². The molecule has 0 saturated carbocycles. The molecule has 0 radical (unpaired) electrons. The van der Waals surface area contributed by atoms with Gasteiger partial charge in [0.1, 0.15) is 11.4 Å². The van der Waals surface area contributed by atoms with Crippen LogP contribution in [0.5, 0.6) is 5.75 Å². The summed E-state index contributed by atoms with van der Waals surface area (Å²) < 4.78 is 13.4. The quantitative estimate of drug-likeness (QED) is 0.489. The molecule has 0 bridgehead atoms. The van der Waals surface area contributed by atoms with Gasteiger partial charge in [-0.05, 0) is 55.8 Å². The van der Waals surface area contributed by atoms with E-state index in [4.69, 9.17) is 9.47 Å². The molecule has 0 aliphatic rings. The van der Waals surface area contributed by atoms with E-state index < -0.39 is 5.97 Å². The first-order valence-electron chi connectivity index (χ1n) is 8.52. The number of aromatic nitrogens is 3. The number of rotatable bonds is 6. The Labute approximate surface area is 170 Å². The van der Waals surface area contributed by atoms with Crippen LogP contribution in [0.4, 0.5) is 0 Å². The van der Waals surface area contributed by atoms with Crippen molar-refractivity contribution in [2.45, 2.75) is 39.9 Å². The molecule has 0 N–H and O–H groups in total. The largest absolute Gasteiger partial charge is 0.491 e. The molecule has 3 aromatic rings. The number of hydrogen-bond donors (Lipinski definition) is 0. The van der Waals surface area contributed by atoms with Crippen molar-refractivity contribution < 1.29 is 14.3 Å². The molecular weight excluding hydrogens is 430 g/mol. The van der Waals surface area contributed by atoms with Gasteiger partial charge in [0.2, 0.25) is 5.13 Å². The molecule has 3 rings (SSSR count). The van der Waals surface area contributed by atoms with Gasteiger partial charge in [-0.2, -0.15) is 5.10 Å². The first kappa shape index (κ1) is 19.6. The number of halogens is 1. The second kappa shape index (κ2) is 8.22. The monoisotopic (exact) mass is 449 g/mol. The van der Waals surface area contributed by atoms with Crippen LogP contribution < -0.4 is 4.74 Å². The summed E-state index contributed by atoms with van der Waals surface area (Å²) in [5.41, 5.74) is 1.98. The smallest absolute Gasteiger partial charge is 0.358 e. The number of ether oxygens (including phenoxy) is 2. The molecule has 2 aromatic heterocycles. The zero-order valence-electron chi connectivity index (χ0n) is 15.5. The molecule has 27 heavy (non-hydrogen) atoms. The fraction of sp³-hybridized carbons (Fsp3) is 0.316. The lowest BCUT2D eigenvalue weighted by Crippen LogP contribution is -2.12. The molecular formula is C19H20BrN3O3S. The molecule has 0 fully saturated rings. The van der Waals surface area contributed by atoms with Crippen LogP contribution in [0.25, 0.3) is 16.4 Å². The molecule has 0 aliphatic carbocycles. The van der Waals surface area contributed by atoms with Crippen molar-refractivity contribution in [2.24, 2.45) is 0 Å². The Balaban J connectivity index is 1.87. The van der Waals surface area contributed by atoms with Crippen LogP contribution in [-0.2, 0) is 4.74 Å². The van der Waals surface area contributed by atoms with Crippen LogP contribution in [0.3, 0.4) is 0 Å². The maximum Gasteiger partial charge on any atom is 0.358 e. The fourth-order valence-corrected chi connectivity index (χ4v) is 3.59. The third kappa shape index (κ3) is 4.75. The van der Waals surface area contributed by atoms with Crippen molar-refractivity contribution >= 4 is 33.2 Å². The van der Waals surface area contributed by atoms with Gasteiger partial charge < -0.3 is 9.47 Å². The van der Waals surface area contributed by atoms with Gasteiger partial charge in [-0.1, -0.05) is 12.1 Å². The van der Waals surface area contributed by atoms with Gasteiger partial charge in [0.05, 0.1) is 16.7 Å². The summed E-state index contributed by atoms with van der Waals surface area (Å²) in [5, 5.41) is 6.88. The lowest BCUT2D eigenvalue weighted by Gasteiger charge is -2.10. The number of nitrogens with zero attached hydrogens (tertiary/aromatic N) is 3. The Morgan fingerprint density at radius 1 is 1.22 bits per heavy atom. The third-order valence-electron chi connectivity index (χ3n) is 3.39. The Morgan fingerprint density at radius 3 is 2.70 bits per heavy atom. The van der Waals surface area contributed by atoms with Gasteiger partial charge in [0.25, 0.3) is 0 Å². The highest BCUT2D eigenvalue weighted by Crippen LogP contribution is 2.31. The molecule has 0 unspecified atom stereocenters. The van der Waals surface area contributed by atoms with E-state index in [1.807, 2.05) is 44.3 Å². The van der Waals surface area contributed by atoms with E-state index in [1.165, 1.54) is 11.3 Å². The van der Waals surface area contributed by atoms with Crippen LogP contribution in [0.1, 0.15) is 38.2 Å². The molecule has 0 amide bonds. The summed E-state index contributed by atoms with van der Waals surface area (Å²) in [5.74, 6) is 0.356. The van der Waals surface area contributed by atoms with Crippen molar-refractivity contribution in [3.8, 4) is 22.1 Å². The summed E-state index contributed by atoms with van der Waals surface area (Å²) in [6, 6.07) is 7.77. The molecule has 0 atom stereocenters. The highest BCUT2D eigenvalue weighted by Gasteiger charge is 2.17. The molecule has 0 spiro atoms. The number of benzene rings is 1. The lowest BCUT2D eigenvalue weighted by atomic mass is 10.1. The number of carbonyl (C=O) groups excluding carboxylic acids is 1. The van der Waals surface area contributed by atoms with Crippen LogP contribution >= 0.6 is 27.3 Å². The maximum atomic E-state index is 12.0. The normalized spacial score (nSPS) is 11.2. The third-order valence-corrected chi connectivity index (χ3v) is 4.80. The van der Waals surface area contributed by atoms with Gasteiger partial charge in [-0.25, -0.2) is 14.5 Å². The lowest BCUT2D eigenvalue weighted by molar-refractivity contribution is 0.0371. The second-order valence-corrected chi connectivity index (χ2v) is 8.12. The summed E-state index contributed by atoms with van der Waals surface area (Å²) >= 11 is 4.89. The van der Waals surface area contributed by atoms with E-state index in [1.54, 1.807) is 23.9 Å². The van der Waals surface area contributed by atoms with E-state index >= 15 is 0 Å². The number of esters is 1. The van der Waals surface area contributed by atoms with Crippen LogP contribution in [0.2, 0.25) is 0 Å². The zero-order valence-corrected chi connectivity index (χ0v) is 17.9. The zero-order chi connectivity index (χ0) is 19.6. The Hall–Kier alpha value is -2.19. The number of hydrogen-bond acceptors (Lipinski definition) is 6. The van der Waals surface area contributed by atoms with Gasteiger partial charge in [0.15, 0.2) is 5.69 Å². The molecule has 1 aromatic carbocycles. The molecule has 8 heteroatoms. The predicted octanol–water partition coefficient (Wildman–Crippen LogP) is 5.11.